The Kier molecular flexibility index (Phi) is 6.03. The standard InChI is InChI=1S/C25H29FN2O5/c1-5-32-23(30)18-13-28(14-9-10-14)21-12-16(19(26)11-17(21)22(18)29)15-7-6-8-20(15)27-24(31)33-25(2,3)4/h11-14H,5-10H2,1-4H3,(H,27,31). The average molecular weight is 457 g/mol. The van der Waals surface area contributed by atoms with E-state index >= 15 is 4.39 Å². The van der Waals surface area contributed by atoms with Crippen LogP contribution >= 0.6 is 0 Å². The highest BCUT2D eigenvalue weighted by atomic mass is 19.1. The fourth-order valence-corrected chi connectivity index (χ4v) is 4.22. The Morgan fingerprint density at radius 2 is 1.94 bits per heavy atom. The van der Waals surface area contributed by atoms with Gasteiger partial charge in [0.1, 0.15) is 17.0 Å². The number of esters is 1. The molecular formula is C25H29FN2O5. The SMILES string of the molecule is CCOC(=O)c1cn(C2CC2)c2cc(C3=C(NC(=O)OC(C)(C)C)CCC3)c(F)cc2c1=O. The number of halogens is 1. The fourth-order valence-electron chi connectivity index (χ4n) is 4.22. The van der Waals surface area contributed by atoms with Crippen LogP contribution in [0.25, 0.3) is 16.5 Å². The zero-order valence-electron chi connectivity index (χ0n) is 19.4. The first-order valence-electron chi connectivity index (χ1n) is 11.4. The number of pyridine rings is 1. The zero-order valence-corrected chi connectivity index (χ0v) is 19.4. The van der Waals surface area contributed by atoms with E-state index in [9.17, 15) is 14.4 Å². The summed E-state index contributed by atoms with van der Waals surface area (Å²) in [6, 6.07) is 3.01. The van der Waals surface area contributed by atoms with Crippen molar-refractivity contribution in [3.05, 3.63) is 51.2 Å². The van der Waals surface area contributed by atoms with Crippen molar-refractivity contribution in [2.75, 3.05) is 6.61 Å². The number of amides is 1. The number of ether oxygens (including phenoxy) is 2. The quantitative estimate of drug-likeness (QED) is 0.635. The van der Waals surface area contributed by atoms with Gasteiger partial charge in [0.05, 0.1) is 12.1 Å². The first-order chi connectivity index (χ1) is 15.6. The van der Waals surface area contributed by atoms with Gasteiger partial charge >= 0.3 is 12.1 Å². The van der Waals surface area contributed by atoms with E-state index in [-0.39, 0.29) is 23.6 Å². The van der Waals surface area contributed by atoms with E-state index in [1.165, 1.54) is 12.3 Å². The molecule has 1 aromatic carbocycles. The predicted octanol–water partition coefficient (Wildman–Crippen LogP) is 5.07. The highest BCUT2D eigenvalue weighted by Gasteiger charge is 2.29. The number of aromatic nitrogens is 1. The largest absolute Gasteiger partial charge is 0.462 e. The number of alkyl carbamates (subject to hydrolysis) is 1. The lowest BCUT2D eigenvalue weighted by molar-refractivity contribution is 0.0519. The lowest BCUT2D eigenvalue weighted by Gasteiger charge is -2.20. The van der Waals surface area contributed by atoms with E-state index in [4.69, 9.17) is 9.47 Å². The molecule has 0 bridgehead atoms. The second-order valence-electron chi connectivity index (χ2n) is 9.52. The minimum absolute atomic E-state index is 0.0873. The number of hydrogen-bond acceptors (Lipinski definition) is 5. The highest BCUT2D eigenvalue weighted by Crippen LogP contribution is 2.39. The third-order valence-electron chi connectivity index (χ3n) is 5.75. The van der Waals surface area contributed by atoms with Crippen LogP contribution in [0.3, 0.4) is 0 Å². The van der Waals surface area contributed by atoms with Gasteiger partial charge in [-0.2, -0.15) is 0 Å². The van der Waals surface area contributed by atoms with E-state index in [2.05, 4.69) is 5.32 Å². The van der Waals surface area contributed by atoms with Gasteiger partial charge in [0.25, 0.3) is 0 Å². The minimum atomic E-state index is -0.703. The van der Waals surface area contributed by atoms with E-state index in [0.717, 1.165) is 19.3 Å². The molecule has 0 radical (unpaired) electrons. The summed E-state index contributed by atoms with van der Waals surface area (Å²) in [6.07, 6.45) is 4.76. The molecule has 2 aromatic rings. The van der Waals surface area contributed by atoms with Crippen LogP contribution in [0.4, 0.5) is 9.18 Å². The second kappa shape index (κ2) is 8.65. The number of carbonyl (C=O) groups excluding carboxylic acids is 2. The lowest BCUT2D eigenvalue weighted by atomic mass is 10.00. The topological polar surface area (TPSA) is 86.6 Å². The van der Waals surface area contributed by atoms with Gasteiger partial charge in [0, 0.05) is 28.9 Å². The molecule has 8 heteroatoms. The highest BCUT2D eigenvalue weighted by molar-refractivity contribution is 5.95. The van der Waals surface area contributed by atoms with E-state index < -0.39 is 28.9 Å². The fraction of sp³-hybridized carbons (Fsp3) is 0.480. The molecule has 0 saturated heterocycles. The Balaban J connectivity index is 1.81. The summed E-state index contributed by atoms with van der Waals surface area (Å²) in [5, 5.41) is 2.93. The van der Waals surface area contributed by atoms with Crippen LogP contribution in [0.2, 0.25) is 0 Å². The third-order valence-corrected chi connectivity index (χ3v) is 5.75. The molecule has 7 nitrogen and oxygen atoms in total. The van der Waals surface area contributed by atoms with Gasteiger partial charge in [-0.15, -0.1) is 0 Å². The Bertz CT molecular complexity index is 1220. The van der Waals surface area contributed by atoms with Crippen LogP contribution in [0.1, 0.15) is 81.8 Å². The molecule has 1 amide bonds. The Labute approximate surface area is 191 Å². The number of benzene rings is 1. The van der Waals surface area contributed by atoms with Crippen molar-refractivity contribution in [3.8, 4) is 0 Å². The molecule has 0 spiro atoms. The van der Waals surface area contributed by atoms with Gasteiger partial charge in [-0.1, -0.05) is 0 Å². The van der Waals surface area contributed by atoms with Crippen LogP contribution in [-0.4, -0.2) is 28.8 Å². The van der Waals surface area contributed by atoms with Crippen molar-refractivity contribution in [1.82, 2.24) is 9.88 Å². The summed E-state index contributed by atoms with van der Waals surface area (Å²) in [5.41, 5.74) is 0.977. The number of allylic oxidation sites excluding steroid dienone is 2. The van der Waals surface area contributed by atoms with Crippen molar-refractivity contribution in [1.29, 1.82) is 0 Å². The van der Waals surface area contributed by atoms with Gasteiger partial charge in [0.2, 0.25) is 5.43 Å². The molecule has 2 aliphatic carbocycles. The van der Waals surface area contributed by atoms with E-state index in [1.807, 2.05) is 4.57 Å². The number of nitrogens with zero attached hydrogens (tertiary/aromatic N) is 1. The third kappa shape index (κ3) is 4.79. The molecule has 0 aliphatic heterocycles. The lowest BCUT2D eigenvalue weighted by Crippen LogP contribution is -2.32. The molecule has 0 unspecified atom stereocenters. The van der Waals surface area contributed by atoms with E-state index in [1.54, 1.807) is 33.8 Å². The van der Waals surface area contributed by atoms with Crippen LogP contribution in [0, 0.1) is 5.82 Å². The molecular weight excluding hydrogens is 427 g/mol. The van der Waals surface area contributed by atoms with Crippen LogP contribution in [-0.2, 0) is 9.47 Å². The summed E-state index contributed by atoms with van der Waals surface area (Å²) in [6.45, 7) is 7.15. The maximum absolute atomic E-state index is 15.3. The number of fused-ring (bicyclic) bond motifs is 1. The monoisotopic (exact) mass is 456 g/mol. The number of rotatable bonds is 5. The second-order valence-corrected chi connectivity index (χ2v) is 9.52. The summed E-state index contributed by atoms with van der Waals surface area (Å²) >= 11 is 0. The smallest absolute Gasteiger partial charge is 0.411 e. The normalized spacial score (nSPS) is 16.3. The number of nitrogens with one attached hydrogen (secondary N) is 1. The van der Waals surface area contributed by atoms with Gasteiger partial charge < -0.3 is 14.0 Å². The molecule has 1 saturated carbocycles. The Morgan fingerprint density at radius 1 is 1.21 bits per heavy atom. The zero-order chi connectivity index (χ0) is 23.9. The summed E-state index contributed by atoms with van der Waals surface area (Å²) < 4.78 is 27.6. The molecule has 1 fully saturated rings. The summed E-state index contributed by atoms with van der Waals surface area (Å²) in [7, 11) is 0. The van der Waals surface area contributed by atoms with Crippen molar-refractivity contribution in [3.63, 3.8) is 0 Å². The van der Waals surface area contributed by atoms with Crippen LogP contribution in [0.15, 0.2) is 28.8 Å². The number of carbonyl (C=O) groups is 2. The van der Waals surface area contributed by atoms with Crippen molar-refractivity contribution in [2.45, 2.75) is 71.4 Å². The molecule has 33 heavy (non-hydrogen) atoms. The Morgan fingerprint density at radius 3 is 2.58 bits per heavy atom. The first kappa shape index (κ1) is 23.0. The van der Waals surface area contributed by atoms with Crippen LogP contribution < -0.4 is 10.7 Å². The molecule has 2 aliphatic rings. The summed E-state index contributed by atoms with van der Waals surface area (Å²) in [4.78, 5) is 37.6. The molecule has 1 heterocycles. The predicted molar refractivity (Wildman–Crippen MR) is 123 cm³/mol. The molecule has 1 N–H and O–H groups in total. The van der Waals surface area contributed by atoms with Gasteiger partial charge in [-0.3, -0.25) is 10.1 Å². The molecule has 4 rings (SSSR count). The van der Waals surface area contributed by atoms with Gasteiger partial charge in [0.15, 0.2) is 0 Å². The van der Waals surface area contributed by atoms with Gasteiger partial charge in [-0.05, 0) is 77.5 Å². The minimum Gasteiger partial charge on any atom is -0.462 e. The first-order valence-corrected chi connectivity index (χ1v) is 11.4. The average Bonchev–Trinajstić information content (AvgIpc) is 3.46. The molecule has 0 atom stereocenters. The molecule has 176 valence electrons. The van der Waals surface area contributed by atoms with Crippen molar-refractivity contribution >= 4 is 28.5 Å². The van der Waals surface area contributed by atoms with Crippen LogP contribution in [0.5, 0.6) is 0 Å². The van der Waals surface area contributed by atoms with Crippen molar-refractivity contribution < 1.29 is 23.5 Å². The van der Waals surface area contributed by atoms with Crippen molar-refractivity contribution in [2.24, 2.45) is 0 Å². The number of hydrogen-bond donors (Lipinski definition) is 1. The Hall–Kier alpha value is -3.16. The molecule has 1 aromatic heterocycles. The van der Waals surface area contributed by atoms with Gasteiger partial charge in [-0.25, -0.2) is 14.0 Å². The maximum Gasteiger partial charge on any atom is 0.411 e. The van der Waals surface area contributed by atoms with E-state index in [0.29, 0.717) is 35.2 Å². The maximum atomic E-state index is 15.3. The summed E-state index contributed by atoms with van der Waals surface area (Å²) in [5.74, 6) is -1.27.